The second-order valence-electron chi connectivity index (χ2n) is 7.66. The third kappa shape index (κ3) is 6.10. The van der Waals surface area contributed by atoms with Crippen molar-refractivity contribution in [3.05, 3.63) is 64.3 Å². The van der Waals surface area contributed by atoms with Gasteiger partial charge in [0, 0.05) is 6.42 Å². The number of ether oxygens (including phenoxy) is 1. The number of aryl methyl sites for hydroxylation is 1. The highest BCUT2D eigenvalue weighted by atomic mass is 35.5. The average Bonchev–Trinajstić information content (AvgIpc) is 3.23. The molecule has 1 saturated carbocycles. The Hall–Kier alpha value is -2.79. The van der Waals surface area contributed by atoms with Crippen LogP contribution in [0.25, 0.3) is 6.08 Å². The number of carbonyl (C=O) groups excluding carboxylic acids is 1. The Morgan fingerprint density at radius 3 is 2.50 bits per heavy atom. The smallest absolute Gasteiger partial charge is 0.352 e. The summed E-state index contributed by atoms with van der Waals surface area (Å²) in [5, 5.41) is 12.5. The number of nitrogens with one attached hydrogen (secondary N) is 1. The lowest BCUT2D eigenvalue weighted by Crippen LogP contribution is -2.27. The van der Waals surface area contributed by atoms with E-state index in [-0.39, 0.29) is 11.6 Å². The Labute approximate surface area is 181 Å². The van der Waals surface area contributed by atoms with Gasteiger partial charge in [0.15, 0.2) is 0 Å². The fourth-order valence-corrected chi connectivity index (χ4v) is 3.92. The molecule has 0 radical (unpaired) electrons. The molecule has 2 aromatic rings. The zero-order valence-corrected chi connectivity index (χ0v) is 17.7. The normalized spacial score (nSPS) is 14.5. The van der Waals surface area contributed by atoms with Gasteiger partial charge in [-0.3, -0.25) is 4.79 Å². The summed E-state index contributed by atoms with van der Waals surface area (Å²) in [7, 11) is 0. The predicted octanol–water partition coefficient (Wildman–Crippen LogP) is 5.95. The molecule has 0 aromatic heterocycles. The Morgan fingerprint density at radius 1 is 1.17 bits per heavy atom. The fraction of sp³-hybridized carbons (Fsp3) is 0.333. The van der Waals surface area contributed by atoms with Gasteiger partial charge < -0.3 is 15.2 Å². The lowest BCUT2D eigenvalue weighted by Gasteiger charge is -2.11. The van der Waals surface area contributed by atoms with Gasteiger partial charge in [-0.15, -0.1) is 0 Å². The maximum absolute atomic E-state index is 12.2. The molecule has 2 aromatic carbocycles. The minimum absolute atomic E-state index is 0.137. The van der Waals surface area contributed by atoms with Crippen molar-refractivity contribution in [1.29, 1.82) is 0 Å². The predicted molar refractivity (Wildman–Crippen MR) is 118 cm³/mol. The van der Waals surface area contributed by atoms with Crippen LogP contribution in [-0.2, 0) is 9.59 Å². The number of aliphatic carboxylic acids is 1. The third-order valence-corrected chi connectivity index (χ3v) is 5.63. The van der Waals surface area contributed by atoms with Gasteiger partial charge in [-0.05, 0) is 54.7 Å². The molecule has 0 spiro atoms. The molecule has 3 rings (SSSR count). The van der Waals surface area contributed by atoms with Crippen molar-refractivity contribution in [2.24, 2.45) is 5.92 Å². The minimum Gasteiger partial charge on any atom is -0.477 e. The number of benzene rings is 2. The molecule has 6 heteroatoms. The highest BCUT2D eigenvalue weighted by molar-refractivity contribution is 6.32. The lowest BCUT2D eigenvalue weighted by molar-refractivity contribution is -0.134. The second-order valence-corrected chi connectivity index (χ2v) is 8.06. The largest absolute Gasteiger partial charge is 0.477 e. The Kier molecular flexibility index (Phi) is 7.52. The van der Waals surface area contributed by atoms with Crippen LogP contribution in [0.1, 0.15) is 49.7 Å². The van der Waals surface area contributed by atoms with E-state index in [1.165, 1.54) is 18.9 Å². The molecule has 0 saturated heterocycles. The maximum Gasteiger partial charge on any atom is 0.352 e. The maximum atomic E-state index is 12.2. The lowest BCUT2D eigenvalue weighted by atomic mass is 10.0. The molecule has 1 aliphatic rings. The monoisotopic (exact) mass is 427 g/mol. The molecular formula is C24H26ClNO4. The number of carboxylic acids is 1. The van der Waals surface area contributed by atoms with E-state index in [0.29, 0.717) is 34.4 Å². The molecule has 0 aliphatic heterocycles. The zero-order chi connectivity index (χ0) is 21.5. The van der Waals surface area contributed by atoms with E-state index in [1.54, 1.807) is 30.3 Å². The van der Waals surface area contributed by atoms with Crippen LogP contribution in [0.2, 0.25) is 5.02 Å². The molecule has 30 heavy (non-hydrogen) atoms. The average molecular weight is 428 g/mol. The standard InChI is InChI=1S/C24H26ClNO4/c1-16-5-4-8-20(25)23(16)30-19-12-9-18(10-13-19)15-21(24(28)29)26-22(27)14-11-17-6-2-3-7-17/h4-5,8-10,12-13,15,17H,2-3,6-7,11,14H2,1H3,(H,26,27)(H,28,29)/b21-15-. The van der Waals surface area contributed by atoms with Crippen molar-refractivity contribution in [2.45, 2.75) is 45.4 Å². The Balaban J connectivity index is 1.63. The summed E-state index contributed by atoms with van der Waals surface area (Å²) in [5.41, 5.74) is 1.42. The van der Waals surface area contributed by atoms with E-state index in [1.807, 2.05) is 19.1 Å². The van der Waals surface area contributed by atoms with Gasteiger partial charge in [0.25, 0.3) is 0 Å². The van der Waals surface area contributed by atoms with Gasteiger partial charge in [-0.1, -0.05) is 61.5 Å². The zero-order valence-electron chi connectivity index (χ0n) is 17.0. The molecule has 0 atom stereocenters. The highest BCUT2D eigenvalue weighted by Crippen LogP contribution is 2.32. The molecular weight excluding hydrogens is 402 g/mol. The Morgan fingerprint density at radius 2 is 1.87 bits per heavy atom. The fourth-order valence-electron chi connectivity index (χ4n) is 3.66. The first-order valence-electron chi connectivity index (χ1n) is 10.2. The van der Waals surface area contributed by atoms with Gasteiger partial charge in [0.1, 0.15) is 17.2 Å². The van der Waals surface area contributed by atoms with Crippen LogP contribution >= 0.6 is 11.6 Å². The first-order chi connectivity index (χ1) is 14.4. The molecule has 5 nitrogen and oxygen atoms in total. The van der Waals surface area contributed by atoms with Gasteiger partial charge in [-0.25, -0.2) is 4.79 Å². The summed E-state index contributed by atoms with van der Waals surface area (Å²) >= 11 is 6.19. The van der Waals surface area contributed by atoms with Gasteiger partial charge in [0.05, 0.1) is 5.02 Å². The number of para-hydroxylation sites is 1. The number of carbonyl (C=O) groups is 2. The van der Waals surface area contributed by atoms with Crippen LogP contribution in [0.15, 0.2) is 48.2 Å². The summed E-state index contributed by atoms with van der Waals surface area (Å²) in [6.07, 6.45) is 7.38. The number of carboxylic acid groups (broad SMARTS) is 1. The van der Waals surface area contributed by atoms with Crippen molar-refractivity contribution >= 4 is 29.6 Å². The summed E-state index contributed by atoms with van der Waals surface area (Å²) < 4.78 is 5.85. The van der Waals surface area contributed by atoms with Crippen LogP contribution in [0.3, 0.4) is 0 Å². The van der Waals surface area contributed by atoms with Crippen molar-refractivity contribution < 1.29 is 19.4 Å². The van der Waals surface area contributed by atoms with E-state index in [0.717, 1.165) is 24.8 Å². The second kappa shape index (κ2) is 10.3. The number of amides is 1. The number of rotatable bonds is 8. The Bertz CT molecular complexity index is 910. The van der Waals surface area contributed by atoms with Gasteiger partial charge in [-0.2, -0.15) is 0 Å². The van der Waals surface area contributed by atoms with Crippen molar-refractivity contribution in [2.75, 3.05) is 0 Å². The van der Waals surface area contributed by atoms with Gasteiger partial charge >= 0.3 is 5.97 Å². The van der Waals surface area contributed by atoms with Crippen LogP contribution < -0.4 is 10.1 Å². The van der Waals surface area contributed by atoms with Crippen molar-refractivity contribution in [1.82, 2.24) is 5.32 Å². The molecule has 158 valence electrons. The van der Waals surface area contributed by atoms with E-state index < -0.39 is 5.97 Å². The van der Waals surface area contributed by atoms with E-state index >= 15 is 0 Å². The van der Waals surface area contributed by atoms with E-state index in [2.05, 4.69) is 5.32 Å². The molecule has 1 amide bonds. The summed E-state index contributed by atoms with van der Waals surface area (Å²) in [5.74, 6) is 0.326. The summed E-state index contributed by atoms with van der Waals surface area (Å²) in [4.78, 5) is 23.7. The van der Waals surface area contributed by atoms with Crippen LogP contribution in [0.4, 0.5) is 0 Å². The van der Waals surface area contributed by atoms with E-state index in [9.17, 15) is 14.7 Å². The number of hydrogen-bond acceptors (Lipinski definition) is 3. The molecule has 1 aliphatic carbocycles. The van der Waals surface area contributed by atoms with Crippen LogP contribution in [0.5, 0.6) is 11.5 Å². The number of halogens is 1. The summed E-state index contributed by atoms with van der Waals surface area (Å²) in [6.45, 7) is 1.91. The quantitative estimate of drug-likeness (QED) is 0.510. The number of hydrogen-bond donors (Lipinski definition) is 2. The molecule has 0 unspecified atom stereocenters. The van der Waals surface area contributed by atoms with Crippen LogP contribution in [0, 0.1) is 12.8 Å². The molecule has 1 fully saturated rings. The van der Waals surface area contributed by atoms with Crippen molar-refractivity contribution in [3.63, 3.8) is 0 Å². The van der Waals surface area contributed by atoms with Crippen molar-refractivity contribution in [3.8, 4) is 11.5 Å². The third-order valence-electron chi connectivity index (χ3n) is 5.33. The molecule has 0 bridgehead atoms. The SMILES string of the molecule is Cc1cccc(Cl)c1Oc1ccc(/C=C(\NC(=O)CCC2CCCC2)C(=O)O)cc1. The first-order valence-corrected chi connectivity index (χ1v) is 10.6. The minimum atomic E-state index is -1.17. The molecule has 0 heterocycles. The van der Waals surface area contributed by atoms with Gasteiger partial charge in [0.2, 0.25) is 5.91 Å². The highest BCUT2D eigenvalue weighted by Gasteiger charge is 2.18. The molecule has 2 N–H and O–H groups in total. The topological polar surface area (TPSA) is 75.6 Å². The van der Waals surface area contributed by atoms with Crippen LogP contribution in [-0.4, -0.2) is 17.0 Å². The summed E-state index contributed by atoms with van der Waals surface area (Å²) in [6, 6.07) is 12.5. The van der Waals surface area contributed by atoms with E-state index in [4.69, 9.17) is 16.3 Å². The first kappa shape index (κ1) is 21.9.